The Labute approximate surface area is 158 Å². The number of carbonyl (C=O) groups is 1. The van der Waals surface area contributed by atoms with Crippen LogP contribution in [0.4, 0.5) is 4.39 Å². The highest BCUT2D eigenvalue weighted by Crippen LogP contribution is 2.28. The first-order valence-electron chi connectivity index (χ1n) is 8.85. The van der Waals surface area contributed by atoms with Crippen LogP contribution in [0.1, 0.15) is 35.2 Å². The molecule has 138 valence electrons. The largest absolute Gasteiger partial charge is 0.469 e. The molecule has 1 atom stereocenters. The van der Waals surface area contributed by atoms with E-state index in [4.69, 9.17) is 4.74 Å². The molecule has 0 radical (unpaired) electrons. The Kier molecular flexibility index (Phi) is 6.34. The molecule has 0 aromatic heterocycles. The molecule has 27 heavy (non-hydrogen) atoms. The summed E-state index contributed by atoms with van der Waals surface area (Å²) in [6, 6.07) is 25.8. The second-order valence-corrected chi connectivity index (χ2v) is 6.31. The van der Waals surface area contributed by atoms with Gasteiger partial charge in [0.2, 0.25) is 0 Å². The molecule has 3 nitrogen and oxygen atoms in total. The number of benzene rings is 3. The average Bonchev–Trinajstić information content (AvgIpc) is 2.73. The summed E-state index contributed by atoms with van der Waals surface area (Å²) in [5.74, 6) is -0.630. The van der Waals surface area contributed by atoms with Crippen molar-refractivity contribution in [3.63, 3.8) is 0 Å². The van der Waals surface area contributed by atoms with Crippen molar-refractivity contribution in [1.29, 1.82) is 0 Å². The van der Waals surface area contributed by atoms with Gasteiger partial charge in [0.15, 0.2) is 0 Å². The van der Waals surface area contributed by atoms with Gasteiger partial charge in [0.05, 0.1) is 19.6 Å². The molecule has 0 aliphatic carbocycles. The molecule has 0 bridgehead atoms. The summed E-state index contributed by atoms with van der Waals surface area (Å²) in [5.41, 5.74) is 3.00. The van der Waals surface area contributed by atoms with Crippen LogP contribution in [0.5, 0.6) is 0 Å². The van der Waals surface area contributed by atoms with Crippen LogP contribution in [-0.2, 0) is 9.53 Å². The molecule has 0 heterocycles. The van der Waals surface area contributed by atoms with Gasteiger partial charge in [-0.25, -0.2) is 4.39 Å². The van der Waals surface area contributed by atoms with Gasteiger partial charge in [0, 0.05) is 6.04 Å². The lowest BCUT2D eigenvalue weighted by molar-refractivity contribution is -0.141. The summed E-state index contributed by atoms with van der Waals surface area (Å²) in [7, 11) is 1.37. The van der Waals surface area contributed by atoms with Crippen molar-refractivity contribution in [2.75, 3.05) is 7.11 Å². The van der Waals surface area contributed by atoms with Crippen LogP contribution in [0.15, 0.2) is 84.9 Å². The second-order valence-electron chi connectivity index (χ2n) is 6.31. The van der Waals surface area contributed by atoms with E-state index in [1.54, 1.807) is 12.1 Å². The van der Waals surface area contributed by atoms with Crippen molar-refractivity contribution in [1.82, 2.24) is 5.32 Å². The van der Waals surface area contributed by atoms with Gasteiger partial charge in [-0.05, 0) is 28.8 Å². The van der Waals surface area contributed by atoms with E-state index in [0.29, 0.717) is 0 Å². The average molecular weight is 363 g/mol. The van der Waals surface area contributed by atoms with Crippen molar-refractivity contribution in [2.24, 2.45) is 0 Å². The number of methoxy groups -OCH3 is 1. The van der Waals surface area contributed by atoms with Crippen molar-refractivity contribution in [3.05, 3.63) is 107 Å². The lowest BCUT2D eigenvalue weighted by Gasteiger charge is -2.26. The Morgan fingerprint density at radius 3 is 1.85 bits per heavy atom. The lowest BCUT2D eigenvalue weighted by Crippen LogP contribution is -2.29. The SMILES string of the molecule is COC(=O)CC(NC(c1ccccc1)c1ccccc1)c1ccc(F)cc1. The zero-order valence-electron chi connectivity index (χ0n) is 15.1. The molecule has 1 unspecified atom stereocenters. The highest BCUT2D eigenvalue weighted by atomic mass is 19.1. The number of carbonyl (C=O) groups excluding carboxylic acids is 1. The number of esters is 1. The molecule has 0 aliphatic rings. The fourth-order valence-corrected chi connectivity index (χ4v) is 3.10. The van der Waals surface area contributed by atoms with Crippen molar-refractivity contribution in [3.8, 4) is 0 Å². The quantitative estimate of drug-likeness (QED) is 0.612. The summed E-state index contributed by atoms with van der Waals surface area (Å²) in [6.07, 6.45) is 0.151. The van der Waals surface area contributed by atoms with Gasteiger partial charge < -0.3 is 4.74 Å². The Morgan fingerprint density at radius 1 is 0.852 bits per heavy atom. The normalized spacial score (nSPS) is 12.0. The van der Waals surface area contributed by atoms with Crippen molar-refractivity contribution in [2.45, 2.75) is 18.5 Å². The zero-order valence-corrected chi connectivity index (χ0v) is 15.1. The number of rotatable bonds is 7. The molecule has 3 aromatic rings. The summed E-state index contributed by atoms with van der Waals surface area (Å²) >= 11 is 0. The Balaban J connectivity index is 1.96. The van der Waals surface area contributed by atoms with Gasteiger partial charge in [0.1, 0.15) is 5.82 Å². The predicted molar refractivity (Wildman–Crippen MR) is 104 cm³/mol. The molecule has 0 amide bonds. The molecule has 0 saturated heterocycles. The molecular formula is C23H22FNO2. The van der Waals surface area contributed by atoms with Gasteiger partial charge in [-0.2, -0.15) is 0 Å². The molecule has 3 rings (SSSR count). The maximum atomic E-state index is 13.4. The molecule has 0 saturated carbocycles. The monoisotopic (exact) mass is 363 g/mol. The van der Waals surface area contributed by atoms with E-state index in [1.807, 2.05) is 60.7 Å². The third kappa shape index (κ3) is 5.02. The fraction of sp³-hybridized carbons (Fsp3) is 0.174. The smallest absolute Gasteiger partial charge is 0.307 e. The Morgan fingerprint density at radius 2 is 1.37 bits per heavy atom. The van der Waals surface area contributed by atoms with Crippen molar-refractivity contribution < 1.29 is 13.9 Å². The van der Waals surface area contributed by atoms with Crippen LogP contribution in [0.25, 0.3) is 0 Å². The number of halogens is 1. The minimum Gasteiger partial charge on any atom is -0.469 e. The van der Waals surface area contributed by atoms with Crippen LogP contribution >= 0.6 is 0 Å². The van der Waals surface area contributed by atoms with Gasteiger partial charge in [-0.1, -0.05) is 72.8 Å². The maximum absolute atomic E-state index is 13.4. The highest BCUT2D eigenvalue weighted by molar-refractivity contribution is 5.70. The van der Waals surface area contributed by atoms with Crippen LogP contribution in [-0.4, -0.2) is 13.1 Å². The van der Waals surface area contributed by atoms with Gasteiger partial charge in [0.25, 0.3) is 0 Å². The van der Waals surface area contributed by atoms with E-state index in [2.05, 4.69) is 5.32 Å². The number of hydrogen-bond acceptors (Lipinski definition) is 3. The highest BCUT2D eigenvalue weighted by Gasteiger charge is 2.22. The van der Waals surface area contributed by atoms with Gasteiger partial charge in [-0.15, -0.1) is 0 Å². The van der Waals surface area contributed by atoms with Gasteiger partial charge in [-0.3, -0.25) is 10.1 Å². The first kappa shape index (κ1) is 18.8. The Hall–Kier alpha value is -2.98. The number of nitrogens with one attached hydrogen (secondary N) is 1. The van der Waals surface area contributed by atoms with Crippen LogP contribution in [0, 0.1) is 5.82 Å². The molecule has 0 aliphatic heterocycles. The zero-order chi connectivity index (χ0) is 19.1. The summed E-state index contributed by atoms with van der Waals surface area (Å²) in [5, 5.41) is 3.56. The van der Waals surface area contributed by atoms with Crippen LogP contribution < -0.4 is 5.32 Å². The molecule has 3 aromatic carbocycles. The van der Waals surface area contributed by atoms with E-state index in [9.17, 15) is 9.18 Å². The van der Waals surface area contributed by atoms with E-state index >= 15 is 0 Å². The van der Waals surface area contributed by atoms with E-state index < -0.39 is 0 Å². The molecule has 1 N–H and O–H groups in total. The first-order valence-corrected chi connectivity index (χ1v) is 8.85. The predicted octanol–water partition coefficient (Wildman–Crippen LogP) is 4.81. The maximum Gasteiger partial charge on any atom is 0.307 e. The van der Waals surface area contributed by atoms with Crippen LogP contribution in [0.3, 0.4) is 0 Å². The molecule has 0 spiro atoms. The third-order valence-electron chi connectivity index (χ3n) is 4.50. The third-order valence-corrected chi connectivity index (χ3v) is 4.50. The van der Waals surface area contributed by atoms with E-state index in [0.717, 1.165) is 16.7 Å². The molecular weight excluding hydrogens is 341 g/mol. The van der Waals surface area contributed by atoms with Crippen molar-refractivity contribution >= 4 is 5.97 Å². The van der Waals surface area contributed by atoms with E-state index in [1.165, 1.54) is 19.2 Å². The summed E-state index contributed by atoms with van der Waals surface area (Å²) < 4.78 is 18.2. The fourth-order valence-electron chi connectivity index (χ4n) is 3.10. The number of hydrogen-bond donors (Lipinski definition) is 1. The number of ether oxygens (including phenoxy) is 1. The summed E-state index contributed by atoms with van der Waals surface area (Å²) in [6.45, 7) is 0. The van der Waals surface area contributed by atoms with Gasteiger partial charge >= 0.3 is 5.97 Å². The van der Waals surface area contributed by atoms with Crippen LogP contribution in [0.2, 0.25) is 0 Å². The molecule has 0 fully saturated rings. The Bertz CT molecular complexity index is 811. The minimum atomic E-state index is -0.323. The van der Waals surface area contributed by atoms with E-state index in [-0.39, 0.29) is 30.3 Å². The first-order chi connectivity index (χ1) is 13.2. The molecule has 4 heteroatoms. The second kappa shape index (κ2) is 9.10. The standard InChI is InChI=1S/C23H22FNO2/c1-27-22(26)16-21(17-12-14-20(24)15-13-17)25-23(18-8-4-2-5-9-18)19-10-6-3-7-11-19/h2-15,21,23,25H,16H2,1H3. The lowest BCUT2D eigenvalue weighted by atomic mass is 9.95. The minimum absolute atomic E-state index is 0.118. The topological polar surface area (TPSA) is 38.3 Å². The summed E-state index contributed by atoms with van der Waals surface area (Å²) in [4.78, 5) is 12.0.